The van der Waals surface area contributed by atoms with Gasteiger partial charge in [0.05, 0.1) is 0 Å². The predicted octanol–water partition coefficient (Wildman–Crippen LogP) is 9.89. The van der Waals surface area contributed by atoms with E-state index in [4.69, 9.17) is 9.47 Å². The van der Waals surface area contributed by atoms with Crippen LogP contribution in [-0.4, -0.2) is 12.4 Å². The van der Waals surface area contributed by atoms with Gasteiger partial charge in [0.15, 0.2) is 0 Å². The minimum Gasteiger partial charge on any atom is -0.457 e. The highest BCUT2D eigenvalue weighted by molar-refractivity contribution is 14.1. The summed E-state index contributed by atoms with van der Waals surface area (Å²) in [5.41, 5.74) is -6.22. The summed E-state index contributed by atoms with van der Waals surface area (Å²) in [6, 6.07) is 21.1. The van der Waals surface area contributed by atoms with Crippen LogP contribution in [0.15, 0.2) is 97.1 Å². The average Bonchev–Trinajstić information content (AvgIpc) is 2.83. The molecule has 0 unspecified atom stereocenters. The Morgan fingerprint density at radius 2 is 0.649 bits per heavy atom. The maximum absolute atomic E-state index is 14.4. The van der Waals surface area contributed by atoms with Gasteiger partial charge in [-0.25, -0.2) is 0 Å². The third kappa shape index (κ3) is 5.84. The first-order valence-corrected chi connectivity index (χ1v) is 12.8. The van der Waals surface area contributed by atoms with Crippen LogP contribution in [0, 0.1) is 7.14 Å². The van der Waals surface area contributed by atoms with E-state index in [2.05, 4.69) is 45.2 Å². The van der Waals surface area contributed by atoms with Crippen LogP contribution in [0.5, 0.6) is 23.0 Å². The number of rotatable bonds is 6. The zero-order chi connectivity index (χ0) is 26.8. The summed E-state index contributed by atoms with van der Waals surface area (Å²) in [4.78, 5) is 0. The molecule has 0 saturated heterocycles. The fourth-order valence-electron chi connectivity index (χ4n) is 3.81. The normalized spacial score (nSPS) is 12.3. The van der Waals surface area contributed by atoms with Crippen molar-refractivity contribution in [2.75, 3.05) is 0 Å². The van der Waals surface area contributed by atoms with Gasteiger partial charge in [-0.2, -0.15) is 26.3 Å². The van der Waals surface area contributed by atoms with E-state index in [0.29, 0.717) is 11.5 Å². The number of benzene rings is 4. The standard InChI is InChI=1S/C27H16F6I2O2/c28-26(29,30)25(27(31,32)33,17-1-9-21(10-2-17)36-23-13-5-19(34)6-14-23)18-3-11-22(12-4-18)37-24-15-7-20(35)8-16-24/h1-16H. The molecular formula is C27H16F6I2O2. The number of alkyl halides is 6. The molecular weight excluding hydrogens is 724 g/mol. The van der Waals surface area contributed by atoms with Gasteiger partial charge < -0.3 is 9.47 Å². The van der Waals surface area contributed by atoms with E-state index in [1.165, 1.54) is 0 Å². The zero-order valence-electron chi connectivity index (χ0n) is 18.6. The van der Waals surface area contributed by atoms with Gasteiger partial charge in [-0.3, -0.25) is 0 Å². The Morgan fingerprint density at radius 1 is 0.405 bits per heavy atom. The van der Waals surface area contributed by atoms with Gasteiger partial charge in [-0.15, -0.1) is 0 Å². The van der Waals surface area contributed by atoms with Gasteiger partial charge >= 0.3 is 12.4 Å². The van der Waals surface area contributed by atoms with Crippen molar-refractivity contribution < 1.29 is 35.8 Å². The number of hydrogen-bond acceptors (Lipinski definition) is 2. The summed E-state index contributed by atoms with van der Waals surface area (Å²) in [6.07, 6.45) is -11.4. The van der Waals surface area contributed by atoms with E-state index in [9.17, 15) is 26.3 Å². The highest BCUT2D eigenvalue weighted by atomic mass is 127. The van der Waals surface area contributed by atoms with Gasteiger partial charge in [-0.1, -0.05) is 24.3 Å². The van der Waals surface area contributed by atoms with Crippen LogP contribution in [-0.2, 0) is 5.41 Å². The molecule has 4 aromatic carbocycles. The van der Waals surface area contributed by atoms with Gasteiger partial charge in [0, 0.05) is 7.14 Å². The van der Waals surface area contributed by atoms with Crippen LogP contribution in [0.1, 0.15) is 11.1 Å². The largest absolute Gasteiger partial charge is 0.457 e. The molecule has 0 fully saturated rings. The van der Waals surface area contributed by atoms with Gasteiger partial charge in [-0.05, 0) is 129 Å². The zero-order valence-corrected chi connectivity index (χ0v) is 22.9. The van der Waals surface area contributed by atoms with Crippen LogP contribution in [0.2, 0.25) is 0 Å². The molecule has 0 spiro atoms. The van der Waals surface area contributed by atoms with Crippen molar-refractivity contribution in [2.24, 2.45) is 0 Å². The van der Waals surface area contributed by atoms with Crippen molar-refractivity contribution in [1.82, 2.24) is 0 Å². The molecule has 0 aliphatic heterocycles. The first kappa shape index (κ1) is 27.6. The molecule has 0 aliphatic rings. The fraction of sp³-hybridized carbons (Fsp3) is 0.111. The molecule has 0 radical (unpaired) electrons. The van der Waals surface area contributed by atoms with Crippen LogP contribution in [0.25, 0.3) is 0 Å². The molecule has 4 aromatic rings. The predicted molar refractivity (Wildman–Crippen MR) is 144 cm³/mol. The minimum atomic E-state index is -5.69. The lowest BCUT2D eigenvalue weighted by Crippen LogP contribution is -2.54. The maximum atomic E-state index is 14.4. The first-order valence-electron chi connectivity index (χ1n) is 10.6. The van der Waals surface area contributed by atoms with Crippen molar-refractivity contribution >= 4 is 45.2 Å². The molecule has 10 heteroatoms. The minimum absolute atomic E-state index is 0.101. The molecule has 0 aliphatic carbocycles. The van der Waals surface area contributed by atoms with E-state index < -0.39 is 28.9 Å². The molecule has 0 bridgehead atoms. The van der Waals surface area contributed by atoms with E-state index in [1.807, 2.05) is 0 Å². The Morgan fingerprint density at radius 3 is 0.892 bits per heavy atom. The molecule has 0 saturated carbocycles. The van der Waals surface area contributed by atoms with Crippen molar-refractivity contribution in [3.05, 3.63) is 115 Å². The van der Waals surface area contributed by atoms with Crippen LogP contribution < -0.4 is 9.47 Å². The Kier molecular flexibility index (Phi) is 7.98. The summed E-state index contributed by atoms with van der Waals surface area (Å²) in [7, 11) is 0. The van der Waals surface area contributed by atoms with Gasteiger partial charge in [0.1, 0.15) is 23.0 Å². The van der Waals surface area contributed by atoms with Crippen molar-refractivity contribution in [3.8, 4) is 23.0 Å². The fourth-order valence-corrected chi connectivity index (χ4v) is 4.52. The van der Waals surface area contributed by atoms with Gasteiger partial charge in [0.2, 0.25) is 5.41 Å². The maximum Gasteiger partial charge on any atom is 0.411 e. The average molecular weight is 740 g/mol. The van der Waals surface area contributed by atoms with Crippen LogP contribution in [0.4, 0.5) is 26.3 Å². The molecule has 192 valence electrons. The quantitative estimate of drug-likeness (QED) is 0.145. The second-order valence-electron chi connectivity index (χ2n) is 7.91. The molecule has 0 aromatic heterocycles. The van der Waals surface area contributed by atoms with Crippen LogP contribution >= 0.6 is 45.2 Å². The SMILES string of the molecule is FC(F)(F)C(c1ccc(Oc2ccc(I)cc2)cc1)(c1ccc(Oc2ccc(I)cc2)cc1)C(F)(F)F. The van der Waals surface area contributed by atoms with E-state index >= 15 is 0 Å². The van der Waals surface area contributed by atoms with E-state index in [-0.39, 0.29) is 11.5 Å². The van der Waals surface area contributed by atoms with Crippen molar-refractivity contribution in [2.45, 2.75) is 17.8 Å². The lowest BCUT2D eigenvalue weighted by molar-refractivity contribution is -0.288. The molecule has 0 atom stereocenters. The Labute approximate surface area is 235 Å². The molecule has 37 heavy (non-hydrogen) atoms. The number of halogens is 8. The Bertz CT molecular complexity index is 1230. The highest BCUT2D eigenvalue weighted by Gasteiger charge is 2.72. The van der Waals surface area contributed by atoms with E-state index in [1.54, 1.807) is 48.5 Å². The summed E-state index contributed by atoms with van der Waals surface area (Å²) in [6.45, 7) is 0. The monoisotopic (exact) mass is 740 g/mol. The molecule has 0 amide bonds. The highest BCUT2D eigenvalue weighted by Crippen LogP contribution is 2.56. The topological polar surface area (TPSA) is 18.5 Å². The van der Waals surface area contributed by atoms with Gasteiger partial charge in [0.25, 0.3) is 0 Å². The molecule has 2 nitrogen and oxygen atoms in total. The number of hydrogen-bond donors (Lipinski definition) is 0. The third-order valence-electron chi connectivity index (χ3n) is 5.52. The molecule has 0 N–H and O–H groups in total. The lowest BCUT2D eigenvalue weighted by Gasteiger charge is -2.38. The van der Waals surface area contributed by atoms with Crippen LogP contribution in [0.3, 0.4) is 0 Å². The smallest absolute Gasteiger partial charge is 0.411 e. The Hall–Kier alpha value is -2.48. The van der Waals surface area contributed by atoms with Crippen molar-refractivity contribution in [3.63, 3.8) is 0 Å². The van der Waals surface area contributed by atoms with Crippen molar-refractivity contribution in [1.29, 1.82) is 0 Å². The molecule has 0 heterocycles. The second kappa shape index (κ2) is 10.7. The first-order chi connectivity index (χ1) is 17.4. The van der Waals surface area contributed by atoms with E-state index in [0.717, 1.165) is 55.7 Å². The lowest BCUT2D eigenvalue weighted by atomic mass is 9.73. The summed E-state index contributed by atoms with van der Waals surface area (Å²) < 4.78 is 99.6. The summed E-state index contributed by atoms with van der Waals surface area (Å²) in [5, 5.41) is 0. The Balaban J connectivity index is 1.71. The molecule has 4 rings (SSSR count). The number of ether oxygens (including phenoxy) is 2. The summed E-state index contributed by atoms with van der Waals surface area (Å²) in [5.74, 6) is 0.999. The summed E-state index contributed by atoms with van der Waals surface area (Å²) >= 11 is 4.18. The third-order valence-corrected chi connectivity index (χ3v) is 6.96. The second-order valence-corrected chi connectivity index (χ2v) is 10.4.